The number of benzene rings is 1. The minimum atomic E-state index is -1.05. The Morgan fingerprint density at radius 3 is 2.43 bits per heavy atom. The summed E-state index contributed by atoms with van der Waals surface area (Å²) in [7, 11) is 0. The molecule has 1 aromatic carbocycles. The van der Waals surface area contributed by atoms with Crippen molar-refractivity contribution in [3.63, 3.8) is 0 Å². The fourth-order valence-corrected chi connectivity index (χ4v) is 1.90. The van der Waals surface area contributed by atoms with Crippen molar-refractivity contribution in [2.24, 2.45) is 5.92 Å². The van der Waals surface area contributed by atoms with Gasteiger partial charge in [-0.15, -0.1) is 0 Å². The first-order valence-corrected chi connectivity index (χ1v) is 6.64. The normalized spacial score (nSPS) is 12.1. The number of aliphatic carboxylic acids is 1. The summed E-state index contributed by atoms with van der Waals surface area (Å²) in [6.07, 6.45) is 1.66. The van der Waals surface area contributed by atoms with Crippen molar-refractivity contribution in [1.29, 1.82) is 0 Å². The third-order valence-electron chi connectivity index (χ3n) is 3.06. The minimum Gasteiger partial charge on any atom is -0.480 e. The zero-order valence-electron chi connectivity index (χ0n) is 11.9. The van der Waals surface area contributed by atoms with Crippen LogP contribution in [0.2, 0.25) is 0 Å². The standard InChI is InChI=1S/C15H17N3O3/c1-10(2)13(15(20)21)16-14(19)12-8-9-18(17-12)11-6-4-3-5-7-11/h3-10,13H,1-2H3,(H,16,19)(H,20,21). The second kappa shape index (κ2) is 6.21. The Bertz CT molecular complexity index is 635. The molecule has 0 spiro atoms. The first-order valence-electron chi connectivity index (χ1n) is 6.64. The zero-order chi connectivity index (χ0) is 15.4. The van der Waals surface area contributed by atoms with Crippen molar-refractivity contribution < 1.29 is 14.7 Å². The predicted octanol–water partition coefficient (Wildman–Crippen LogP) is 1.71. The van der Waals surface area contributed by atoms with Crippen LogP contribution in [0, 0.1) is 5.92 Å². The van der Waals surface area contributed by atoms with Crippen LogP contribution in [0.25, 0.3) is 5.69 Å². The minimum absolute atomic E-state index is 0.186. The van der Waals surface area contributed by atoms with Gasteiger partial charge >= 0.3 is 5.97 Å². The molecule has 0 radical (unpaired) electrons. The maximum atomic E-state index is 12.1. The molecule has 6 nitrogen and oxygen atoms in total. The highest BCUT2D eigenvalue weighted by Gasteiger charge is 2.24. The average molecular weight is 287 g/mol. The topological polar surface area (TPSA) is 84.2 Å². The Kier molecular flexibility index (Phi) is 4.37. The highest BCUT2D eigenvalue weighted by Crippen LogP contribution is 2.08. The first kappa shape index (κ1) is 14.8. The summed E-state index contributed by atoms with van der Waals surface area (Å²) >= 11 is 0. The number of carboxylic acids is 1. The molecule has 1 unspecified atom stereocenters. The van der Waals surface area contributed by atoms with E-state index in [1.54, 1.807) is 30.8 Å². The second-order valence-corrected chi connectivity index (χ2v) is 5.01. The maximum Gasteiger partial charge on any atom is 0.326 e. The molecule has 0 saturated carbocycles. The van der Waals surface area contributed by atoms with Crippen molar-refractivity contribution in [2.45, 2.75) is 19.9 Å². The lowest BCUT2D eigenvalue weighted by Gasteiger charge is -2.16. The van der Waals surface area contributed by atoms with Crippen molar-refractivity contribution in [3.8, 4) is 5.69 Å². The lowest BCUT2D eigenvalue weighted by atomic mass is 10.0. The van der Waals surface area contributed by atoms with Gasteiger partial charge in [0.05, 0.1) is 5.69 Å². The van der Waals surface area contributed by atoms with Crippen LogP contribution in [0.1, 0.15) is 24.3 Å². The molecular formula is C15H17N3O3. The first-order chi connectivity index (χ1) is 9.99. The van der Waals surface area contributed by atoms with E-state index in [4.69, 9.17) is 5.11 Å². The summed E-state index contributed by atoms with van der Waals surface area (Å²) in [5, 5.41) is 15.7. The van der Waals surface area contributed by atoms with E-state index in [2.05, 4.69) is 10.4 Å². The van der Waals surface area contributed by atoms with Gasteiger partial charge in [0, 0.05) is 6.20 Å². The number of carbonyl (C=O) groups is 2. The summed E-state index contributed by atoms with van der Waals surface area (Å²) in [6.45, 7) is 3.48. The van der Waals surface area contributed by atoms with Crippen LogP contribution in [0.3, 0.4) is 0 Å². The van der Waals surface area contributed by atoms with Crippen LogP contribution in [0.5, 0.6) is 0 Å². The highest BCUT2D eigenvalue weighted by molar-refractivity contribution is 5.95. The molecule has 0 saturated heterocycles. The van der Waals surface area contributed by atoms with Crippen molar-refractivity contribution in [1.82, 2.24) is 15.1 Å². The van der Waals surface area contributed by atoms with E-state index in [1.807, 2.05) is 30.3 Å². The summed E-state index contributed by atoms with van der Waals surface area (Å²) in [5.41, 5.74) is 1.01. The summed E-state index contributed by atoms with van der Waals surface area (Å²) in [6, 6.07) is 9.99. The third kappa shape index (κ3) is 3.47. The molecule has 1 amide bonds. The van der Waals surface area contributed by atoms with E-state index >= 15 is 0 Å². The fourth-order valence-electron chi connectivity index (χ4n) is 1.90. The van der Waals surface area contributed by atoms with Gasteiger partial charge in [-0.05, 0) is 24.1 Å². The van der Waals surface area contributed by atoms with Crippen LogP contribution < -0.4 is 5.32 Å². The Balaban J connectivity index is 2.14. The van der Waals surface area contributed by atoms with E-state index in [0.717, 1.165) is 5.69 Å². The molecule has 0 bridgehead atoms. The number of carboxylic acid groups (broad SMARTS) is 1. The van der Waals surface area contributed by atoms with Crippen LogP contribution in [-0.4, -0.2) is 32.8 Å². The smallest absolute Gasteiger partial charge is 0.326 e. The Morgan fingerprint density at radius 2 is 1.86 bits per heavy atom. The summed E-state index contributed by atoms with van der Waals surface area (Å²) in [4.78, 5) is 23.2. The molecule has 1 heterocycles. The van der Waals surface area contributed by atoms with Gasteiger partial charge < -0.3 is 10.4 Å². The second-order valence-electron chi connectivity index (χ2n) is 5.01. The number of carbonyl (C=O) groups excluding carboxylic acids is 1. The lowest BCUT2D eigenvalue weighted by molar-refractivity contribution is -0.140. The molecule has 0 aliphatic rings. The quantitative estimate of drug-likeness (QED) is 0.876. The molecule has 21 heavy (non-hydrogen) atoms. The molecule has 2 N–H and O–H groups in total. The Morgan fingerprint density at radius 1 is 1.19 bits per heavy atom. The molecule has 1 aromatic heterocycles. The zero-order valence-corrected chi connectivity index (χ0v) is 11.9. The highest BCUT2D eigenvalue weighted by atomic mass is 16.4. The van der Waals surface area contributed by atoms with Gasteiger partial charge in [0.1, 0.15) is 6.04 Å². The van der Waals surface area contributed by atoms with Crippen molar-refractivity contribution in [3.05, 3.63) is 48.3 Å². The molecule has 110 valence electrons. The van der Waals surface area contributed by atoms with Crippen LogP contribution in [0.4, 0.5) is 0 Å². The van der Waals surface area contributed by atoms with Gasteiger partial charge in [0.25, 0.3) is 5.91 Å². The fraction of sp³-hybridized carbons (Fsp3) is 0.267. The van der Waals surface area contributed by atoms with E-state index in [-0.39, 0.29) is 11.6 Å². The molecule has 2 rings (SSSR count). The van der Waals surface area contributed by atoms with E-state index in [9.17, 15) is 9.59 Å². The van der Waals surface area contributed by atoms with Gasteiger partial charge in [-0.2, -0.15) is 5.10 Å². The van der Waals surface area contributed by atoms with Crippen molar-refractivity contribution >= 4 is 11.9 Å². The lowest BCUT2D eigenvalue weighted by Crippen LogP contribution is -2.44. The van der Waals surface area contributed by atoms with Crippen molar-refractivity contribution in [2.75, 3.05) is 0 Å². The number of amides is 1. The third-order valence-corrected chi connectivity index (χ3v) is 3.06. The number of aromatic nitrogens is 2. The SMILES string of the molecule is CC(C)C(NC(=O)c1ccn(-c2ccccc2)n1)C(=O)O. The molecule has 0 aliphatic heterocycles. The average Bonchev–Trinajstić information content (AvgIpc) is 2.94. The van der Waals surface area contributed by atoms with Gasteiger partial charge in [-0.1, -0.05) is 32.0 Å². The van der Waals surface area contributed by atoms with Crippen LogP contribution in [0.15, 0.2) is 42.6 Å². The molecular weight excluding hydrogens is 270 g/mol. The maximum absolute atomic E-state index is 12.1. The summed E-state index contributed by atoms with van der Waals surface area (Å²) in [5.74, 6) is -1.76. The van der Waals surface area contributed by atoms with E-state index in [0.29, 0.717) is 0 Å². The Labute approximate surface area is 122 Å². The number of para-hydroxylation sites is 1. The Hall–Kier alpha value is -2.63. The summed E-state index contributed by atoms with van der Waals surface area (Å²) < 4.78 is 1.57. The number of hydrogen-bond donors (Lipinski definition) is 2. The largest absolute Gasteiger partial charge is 0.480 e. The monoisotopic (exact) mass is 287 g/mol. The molecule has 1 atom stereocenters. The molecule has 6 heteroatoms. The van der Waals surface area contributed by atoms with E-state index in [1.165, 1.54) is 0 Å². The predicted molar refractivity (Wildman–Crippen MR) is 77.3 cm³/mol. The molecule has 2 aromatic rings. The number of rotatable bonds is 5. The van der Waals surface area contributed by atoms with Crippen LogP contribution >= 0.6 is 0 Å². The molecule has 0 aliphatic carbocycles. The molecule has 0 fully saturated rings. The van der Waals surface area contributed by atoms with Gasteiger partial charge in [0.2, 0.25) is 0 Å². The number of hydrogen-bond acceptors (Lipinski definition) is 3. The van der Waals surface area contributed by atoms with Gasteiger partial charge in [-0.25, -0.2) is 9.48 Å². The van der Waals surface area contributed by atoms with Gasteiger partial charge in [-0.3, -0.25) is 4.79 Å². The van der Waals surface area contributed by atoms with Crippen LogP contribution in [-0.2, 0) is 4.79 Å². The van der Waals surface area contributed by atoms with Gasteiger partial charge in [0.15, 0.2) is 5.69 Å². The van der Waals surface area contributed by atoms with E-state index < -0.39 is 17.9 Å². The number of nitrogens with zero attached hydrogens (tertiary/aromatic N) is 2. The number of nitrogens with one attached hydrogen (secondary N) is 1.